The van der Waals surface area contributed by atoms with Crippen LogP contribution in [0.1, 0.15) is 32.0 Å². The van der Waals surface area contributed by atoms with Gasteiger partial charge in [-0.1, -0.05) is 13.0 Å². The molecule has 2 rings (SSSR count). The van der Waals surface area contributed by atoms with E-state index in [1.807, 2.05) is 19.9 Å². The zero-order valence-corrected chi connectivity index (χ0v) is 9.95. The second-order valence-corrected chi connectivity index (χ2v) is 4.26. The fourth-order valence-electron chi connectivity index (χ4n) is 1.89. The van der Waals surface area contributed by atoms with Crippen LogP contribution in [-0.4, -0.2) is 17.1 Å². The van der Waals surface area contributed by atoms with Crippen LogP contribution in [0.25, 0.3) is 0 Å². The highest BCUT2D eigenvalue weighted by atomic mass is 16.2. The van der Waals surface area contributed by atoms with Crippen LogP contribution in [0.5, 0.6) is 0 Å². The Morgan fingerprint density at radius 1 is 1.50 bits per heavy atom. The van der Waals surface area contributed by atoms with Gasteiger partial charge in [-0.15, -0.1) is 0 Å². The van der Waals surface area contributed by atoms with Crippen molar-refractivity contribution < 1.29 is 4.79 Å². The molecule has 0 fully saturated rings. The summed E-state index contributed by atoms with van der Waals surface area (Å²) < 4.78 is 0. The van der Waals surface area contributed by atoms with E-state index < -0.39 is 0 Å². The molecule has 2 heterocycles. The Kier molecular flexibility index (Phi) is 2.81. The monoisotopic (exact) mass is 219 g/mol. The normalized spacial score (nSPS) is 15.0. The molecule has 1 aliphatic heterocycles. The summed E-state index contributed by atoms with van der Waals surface area (Å²) in [5.41, 5.74) is 2.12. The molecule has 0 unspecified atom stereocenters. The first-order valence-corrected chi connectivity index (χ1v) is 5.69. The smallest absolute Gasteiger partial charge is 0.323 e. The molecule has 2 amide bonds. The minimum atomic E-state index is -0.0525. The summed E-state index contributed by atoms with van der Waals surface area (Å²) >= 11 is 0. The molecule has 0 saturated carbocycles. The van der Waals surface area contributed by atoms with E-state index >= 15 is 0 Å². The summed E-state index contributed by atoms with van der Waals surface area (Å²) in [6.07, 6.45) is 0.890. The zero-order valence-electron chi connectivity index (χ0n) is 9.95. The molecule has 0 bridgehead atoms. The van der Waals surface area contributed by atoms with Crippen LogP contribution in [0.4, 0.5) is 10.6 Å². The third kappa shape index (κ3) is 1.75. The van der Waals surface area contributed by atoms with Crippen molar-refractivity contribution >= 4 is 11.8 Å². The number of urea groups is 1. The zero-order chi connectivity index (χ0) is 11.7. The highest BCUT2D eigenvalue weighted by Gasteiger charge is 2.27. The molecule has 4 heteroatoms. The maximum Gasteiger partial charge on any atom is 0.323 e. The van der Waals surface area contributed by atoms with E-state index in [2.05, 4.69) is 23.3 Å². The molecule has 0 aliphatic carbocycles. The average Bonchev–Trinajstić information content (AvgIpc) is 2.27. The lowest BCUT2D eigenvalue weighted by Crippen LogP contribution is -2.48. The van der Waals surface area contributed by atoms with Crippen molar-refractivity contribution in [3.63, 3.8) is 0 Å². The van der Waals surface area contributed by atoms with Crippen LogP contribution in [0, 0.1) is 0 Å². The maximum absolute atomic E-state index is 11.8. The van der Waals surface area contributed by atoms with Crippen LogP contribution >= 0.6 is 0 Å². The van der Waals surface area contributed by atoms with E-state index in [1.165, 1.54) is 0 Å². The molecule has 0 saturated heterocycles. The van der Waals surface area contributed by atoms with Crippen molar-refractivity contribution in [2.75, 3.05) is 4.90 Å². The Bertz CT molecular complexity index is 415. The number of hydrogen-bond acceptors (Lipinski definition) is 2. The molecular formula is C12H17N3O. The Labute approximate surface area is 95.7 Å². The number of aromatic nitrogens is 1. The maximum atomic E-state index is 11.8. The van der Waals surface area contributed by atoms with E-state index in [0.29, 0.717) is 6.54 Å². The second-order valence-electron chi connectivity index (χ2n) is 4.26. The number of nitrogens with one attached hydrogen (secondary N) is 1. The standard InChI is InChI=1S/C12H17N3O/c1-4-10-6-5-9-7-13-12(16)15(8(2)3)11(9)14-10/h5-6,8H,4,7H2,1-3H3,(H,13,16). The largest absolute Gasteiger partial charge is 0.333 e. The van der Waals surface area contributed by atoms with Gasteiger partial charge in [-0.25, -0.2) is 9.78 Å². The Morgan fingerprint density at radius 2 is 2.25 bits per heavy atom. The Hall–Kier alpha value is -1.58. The molecule has 16 heavy (non-hydrogen) atoms. The number of hydrogen-bond donors (Lipinski definition) is 1. The molecule has 0 aromatic carbocycles. The van der Waals surface area contributed by atoms with Gasteiger partial charge in [0.05, 0.1) is 0 Å². The van der Waals surface area contributed by atoms with Gasteiger partial charge in [-0.3, -0.25) is 4.90 Å². The van der Waals surface area contributed by atoms with E-state index in [-0.39, 0.29) is 12.1 Å². The molecule has 0 spiro atoms. The fourth-order valence-corrected chi connectivity index (χ4v) is 1.89. The van der Waals surface area contributed by atoms with Crippen LogP contribution in [0.2, 0.25) is 0 Å². The molecule has 0 radical (unpaired) electrons. The molecule has 1 aliphatic rings. The van der Waals surface area contributed by atoms with E-state index in [0.717, 1.165) is 23.5 Å². The number of aryl methyl sites for hydroxylation is 1. The number of amides is 2. The highest BCUT2D eigenvalue weighted by molar-refractivity contribution is 5.94. The van der Waals surface area contributed by atoms with Gasteiger partial charge in [0.15, 0.2) is 0 Å². The van der Waals surface area contributed by atoms with Crippen molar-refractivity contribution in [3.8, 4) is 0 Å². The minimum Gasteiger partial charge on any atom is -0.333 e. The summed E-state index contributed by atoms with van der Waals surface area (Å²) in [6.45, 7) is 6.63. The van der Waals surface area contributed by atoms with Crippen molar-refractivity contribution in [3.05, 3.63) is 23.4 Å². The average molecular weight is 219 g/mol. The number of nitrogens with zero attached hydrogens (tertiary/aromatic N) is 2. The number of anilines is 1. The van der Waals surface area contributed by atoms with Crippen LogP contribution in [-0.2, 0) is 13.0 Å². The lowest BCUT2D eigenvalue weighted by atomic mass is 10.1. The molecule has 86 valence electrons. The van der Waals surface area contributed by atoms with Gasteiger partial charge in [-0.2, -0.15) is 0 Å². The first-order valence-electron chi connectivity index (χ1n) is 5.69. The highest BCUT2D eigenvalue weighted by Crippen LogP contribution is 2.24. The molecule has 1 aromatic heterocycles. The topological polar surface area (TPSA) is 45.2 Å². The molecular weight excluding hydrogens is 202 g/mol. The number of rotatable bonds is 2. The SMILES string of the molecule is CCc1ccc2c(n1)N(C(C)C)C(=O)NC2. The van der Waals surface area contributed by atoms with Crippen LogP contribution in [0.15, 0.2) is 12.1 Å². The van der Waals surface area contributed by atoms with Gasteiger partial charge >= 0.3 is 6.03 Å². The number of pyridine rings is 1. The summed E-state index contributed by atoms with van der Waals surface area (Å²) in [7, 11) is 0. The third-order valence-corrected chi connectivity index (χ3v) is 2.77. The predicted octanol–water partition coefficient (Wildman–Crippen LogP) is 2.08. The minimum absolute atomic E-state index is 0.0525. The first kappa shape index (κ1) is 10.9. The van der Waals surface area contributed by atoms with Crippen LogP contribution in [0.3, 0.4) is 0 Å². The van der Waals surface area contributed by atoms with Crippen molar-refractivity contribution in [2.45, 2.75) is 39.8 Å². The third-order valence-electron chi connectivity index (χ3n) is 2.77. The Balaban J connectivity index is 2.48. The van der Waals surface area contributed by atoms with Gasteiger partial charge in [0.25, 0.3) is 0 Å². The lowest BCUT2D eigenvalue weighted by molar-refractivity contribution is 0.242. The number of carbonyl (C=O) groups is 1. The van der Waals surface area contributed by atoms with Crippen molar-refractivity contribution in [2.24, 2.45) is 0 Å². The van der Waals surface area contributed by atoms with E-state index in [9.17, 15) is 4.79 Å². The van der Waals surface area contributed by atoms with Gasteiger partial charge in [0.2, 0.25) is 0 Å². The lowest BCUT2D eigenvalue weighted by Gasteiger charge is -2.32. The van der Waals surface area contributed by atoms with Gasteiger partial charge in [0, 0.05) is 23.8 Å². The molecule has 0 atom stereocenters. The summed E-state index contributed by atoms with van der Waals surface area (Å²) in [6, 6.07) is 4.15. The van der Waals surface area contributed by atoms with Gasteiger partial charge in [0.1, 0.15) is 5.82 Å². The van der Waals surface area contributed by atoms with Gasteiger partial charge in [-0.05, 0) is 26.3 Å². The molecule has 4 nitrogen and oxygen atoms in total. The van der Waals surface area contributed by atoms with E-state index in [1.54, 1.807) is 4.90 Å². The van der Waals surface area contributed by atoms with E-state index in [4.69, 9.17) is 0 Å². The summed E-state index contributed by atoms with van der Waals surface area (Å²) in [4.78, 5) is 18.0. The summed E-state index contributed by atoms with van der Waals surface area (Å²) in [5, 5.41) is 2.85. The van der Waals surface area contributed by atoms with Gasteiger partial charge < -0.3 is 5.32 Å². The van der Waals surface area contributed by atoms with Crippen LogP contribution < -0.4 is 10.2 Å². The Morgan fingerprint density at radius 3 is 2.88 bits per heavy atom. The molecule has 1 N–H and O–H groups in total. The quantitative estimate of drug-likeness (QED) is 0.827. The van der Waals surface area contributed by atoms with Crippen molar-refractivity contribution in [1.29, 1.82) is 0 Å². The predicted molar refractivity (Wildman–Crippen MR) is 63.5 cm³/mol. The fraction of sp³-hybridized carbons (Fsp3) is 0.500. The van der Waals surface area contributed by atoms with Crippen molar-refractivity contribution in [1.82, 2.24) is 10.3 Å². The number of fused-ring (bicyclic) bond motifs is 1. The first-order chi connectivity index (χ1) is 7.63. The molecule has 1 aromatic rings. The summed E-state index contributed by atoms with van der Waals surface area (Å²) in [5.74, 6) is 0.818. The second kappa shape index (κ2) is 4.12. The number of carbonyl (C=O) groups excluding carboxylic acids is 1.